The minimum Gasteiger partial charge on any atom is -0.349 e. The first kappa shape index (κ1) is 20.7. The lowest BCUT2D eigenvalue weighted by Crippen LogP contribution is -2.27. The van der Waals surface area contributed by atoms with E-state index in [1.54, 1.807) is 31.1 Å². The van der Waals surface area contributed by atoms with E-state index in [-0.39, 0.29) is 36.7 Å². The Morgan fingerprint density at radius 3 is 2.16 bits per heavy atom. The van der Waals surface area contributed by atoms with Gasteiger partial charge in [0.25, 0.3) is 0 Å². The van der Waals surface area contributed by atoms with Gasteiger partial charge in [-0.25, -0.2) is 0 Å². The van der Waals surface area contributed by atoms with Gasteiger partial charge in [0, 0.05) is 26.3 Å². The average Bonchev–Trinajstić information content (AvgIpc) is 2.58. The van der Waals surface area contributed by atoms with Crippen LogP contribution in [0.1, 0.15) is 17.0 Å². The topological polar surface area (TPSA) is 75.4 Å². The lowest BCUT2D eigenvalue weighted by molar-refractivity contribution is -0.128. The zero-order valence-corrected chi connectivity index (χ0v) is 15.3. The Morgan fingerprint density at radius 1 is 1.04 bits per heavy atom. The molecule has 0 radical (unpaired) electrons. The van der Waals surface area contributed by atoms with Gasteiger partial charge in [0.05, 0.1) is 12.3 Å². The molecule has 2 rings (SSSR count). The molecule has 0 aliphatic heterocycles. The van der Waals surface area contributed by atoms with E-state index in [2.05, 4.69) is 5.32 Å². The standard InChI is InChI=1S/C19H23N3O2.ClH/c1-22(2)18(23)12-14-8-10-16(11-9-14)21-19(24)17(13-20)15-6-4-3-5-7-15;/h3-11,17H,12-13,20H2,1-2H3,(H,21,24);1H. The maximum atomic E-state index is 12.4. The van der Waals surface area contributed by atoms with Gasteiger partial charge >= 0.3 is 0 Å². The summed E-state index contributed by atoms with van der Waals surface area (Å²) >= 11 is 0. The quantitative estimate of drug-likeness (QED) is 0.829. The molecule has 6 heteroatoms. The number of likely N-dealkylation sites (N-methyl/N-ethyl adjacent to an activating group) is 1. The maximum absolute atomic E-state index is 12.4. The van der Waals surface area contributed by atoms with Gasteiger partial charge in [-0.1, -0.05) is 42.5 Å². The van der Waals surface area contributed by atoms with Crippen LogP contribution in [0.4, 0.5) is 5.69 Å². The van der Waals surface area contributed by atoms with Gasteiger partial charge in [-0.05, 0) is 23.3 Å². The monoisotopic (exact) mass is 361 g/mol. The molecule has 2 aromatic rings. The summed E-state index contributed by atoms with van der Waals surface area (Å²) in [5, 5.41) is 2.88. The first-order chi connectivity index (χ1) is 11.5. The Labute approximate surface area is 154 Å². The Morgan fingerprint density at radius 2 is 1.64 bits per heavy atom. The van der Waals surface area contributed by atoms with Crippen molar-refractivity contribution in [1.82, 2.24) is 4.90 Å². The van der Waals surface area contributed by atoms with Crippen LogP contribution in [0.2, 0.25) is 0 Å². The summed E-state index contributed by atoms with van der Waals surface area (Å²) in [6.07, 6.45) is 0.344. The molecule has 2 aromatic carbocycles. The van der Waals surface area contributed by atoms with E-state index in [9.17, 15) is 9.59 Å². The van der Waals surface area contributed by atoms with Crippen LogP contribution in [0.15, 0.2) is 54.6 Å². The minimum atomic E-state index is -0.388. The van der Waals surface area contributed by atoms with Crippen molar-refractivity contribution in [3.05, 3.63) is 65.7 Å². The van der Waals surface area contributed by atoms with E-state index in [1.165, 1.54) is 0 Å². The molecular weight excluding hydrogens is 338 g/mol. The largest absolute Gasteiger partial charge is 0.349 e. The van der Waals surface area contributed by atoms with E-state index in [0.29, 0.717) is 12.1 Å². The number of nitrogens with zero attached hydrogens (tertiary/aromatic N) is 1. The second-order valence-corrected chi connectivity index (χ2v) is 5.85. The minimum absolute atomic E-state index is 0. The number of hydrogen-bond acceptors (Lipinski definition) is 3. The molecule has 0 aromatic heterocycles. The van der Waals surface area contributed by atoms with Gasteiger partial charge in [0.2, 0.25) is 11.8 Å². The van der Waals surface area contributed by atoms with E-state index in [1.807, 2.05) is 42.5 Å². The van der Waals surface area contributed by atoms with Crippen LogP contribution in [0.25, 0.3) is 0 Å². The number of amides is 2. The number of nitrogens with two attached hydrogens (primary N) is 1. The van der Waals surface area contributed by atoms with Crippen molar-refractivity contribution in [1.29, 1.82) is 0 Å². The second-order valence-electron chi connectivity index (χ2n) is 5.85. The summed E-state index contributed by atoms with van der Waals surface area (Å²) in [5.74, 6) is -0.485. The molecule has 1 atom stereocenters. The summed E-state index contributed by atoms with van der Waals surface area (Å²) in [5.41, 5.74) is 8.26. The molecule has 0 saturated heterocycles. The highest BCUT2D eigenvalue weighted by Gasteiger charge is 2.18. The highest BCUT2D eigenvalue weighted by atomic mass is 35.5. The number of carbonyl (C=O) groups is 2. The number of nitrogens with one attached hydrogen (secondary N) is 1. The fourth-order valence-electron chi connectivity index (χ4n) is 2.35. The van der Waals surface area contributed by atoms with Crippen LogP contribution in [-0.2, 0) is 16.0 Å². The lowest BCUT2D eigenvalue weighted by Gasteiger charge is -2.15. The van der Waals surface area contributed by atoms with Gasteiger partial charge in [0.1, 0.15) is 0 Å². The Kier molecular flexibility index (Phi) is 8.11. The number of benzene rings is 2. The Hall–Kier alpha value is -2.37. The molecule has 0 aliphatic carbocycles. The summed E-state index contributed by atoms with van der Waals surface area (Å²) < 4.78 is 0. The van der Waals surface area contributed by atoms with Crippen LogP contribution < -0.4 is 11.1 Å². The van der Waals surface area contributed by atoms with Gasteiger partial charge in [-0.2, -0.15) is 0 Å². The number of halogens is 1. The third-order valence-corrected chi connectivity index (χ3v) is 3.83. The van der Waals surface area contributed by atoms with Crippen LogP contribution in [-0.4, -0.2) is 37.4 Å². The van der Waals surface area contributed by atoms with E-state index in [4.69, 9.17) is 5.73 Å². The molecule has 0 heterocycles. The molecule has 134 valence electrons. The normalized spacial score (nSPS) is 11.2. The number of rotatable bonds is 6. The summed E-state index contributed by atoms with van der Waals surface area (Å²) in [4.78, 5) is 25.7. The van der Waals surface area contributed by atoms with Crippen molar-refractivity contribution in [2.24, 2.45) is 5.73 Å². The number of anilines is 1. The molecule has 3 N–H and O–H groups in total. The Bertz CT molecular complexity index is 688. The van der Waals surface area contributed by atoms with E-state index >= 15 is 0 Å². The maximum Gasteiger partial charge on any atom is 0.233 e. The smallest absolute Gasteiger partial charge is 0.233 e. The molecule has 0 bridgehead atoms. The highest BCUT2D eigenvalue weighted by Crippen LogP contribution is 2.18. The molecule has 2 amide bonds. The molecule has 0 fully saturated rings. The molecule has 1 unspecified atom stereocenters. The predicted molar refractivity (Wildman–Crippen MR) is 103 cm³/mol. The first-order valence-corrected chi connectivity index (χ1v) is 7.86. The van der Waals surface area contributed by atoms with E-state index < -0.39 is 0 Å². The predicted octanol–water partition coefficient (Wildman–Crippen LogP) is 2.42. The summed E-state index contributed by atoms with van der Waals surface area (Å²) in [6.45, 7) is 0.241. The Balaban J connectivity index is 0.00000312. The highest BCUT2D eigenvalue weighted by molar-refractivity contribution is 5.96. The number of carbonyl (C=O) groups excluding carboxylic acids is 2. The van der Waals surface area contributed by atoms with Gasteiger partial charge in [-0.15, -0.1) is 12.4 Å². The van der Waals surface area contributed by atoms with Crippen LogP contribution >= 0.6 is 12.4 Å². The van der Waals surface area contributed by atoms with Crippen molar-refractivity contribution >= 4 is 29.9 Å². The van der Waals surface area contributed by atoms with Crippen molar-refractivity contribution in [3.63, 3.8) is 0 Å². The summed E-state index contributed by atoms with van der Waals surface area (Å²) in [6, 6.07) is 16.8. The SMILES string of the molecule is CN(C)C(=O)Cc1ccc(NC(=O)C(CN)c2ccccc2)cc1.Cl. The molecule has 5 nitrogen and oxygen atoms in total. The zero-order valence-electron chi connectivity index (χ0n) is 14.4. The van der Waals surface area contributed by atoms with Gasteiger partial charge in [0.15, 0.2) is 0 Å². The molecule has 25 heavy (non-hydrogen) atoms. The van der Waals surface area contributed by atoms with Crippen molar-refractivity contribution in [2.45, 2.75) is 12.3 Å². The first-order valence-electron chi connectivity index (χ1n) is 7.86. The molecule has 0 aliphatic rings. The number of hydrogen-bond donors (Lipinski definition) is 2. The van der Waals surface area contributed by atoms with Gasteiger partial charge in [-0.3, -0.25) is 9.59 Å². The third-order valence-electron chi connectivity index (χ3n) is 3.83. The van der Waals surface area contributed by atoms with Crippen molar-refractivity contribution in [3.8, 4) is 0 Å². The van der Waals surface area contributed by atoms with Crippen LogP contribution in [0, 0.1) is 0 Å². The molecule has 0 saturated carbocycles. The summed E-state index contributed by atoms with van der Waals surface area (Å²) in [7, 11) is 3.46. The third kappa shape index (κ3) is 5.89. The fraction of sp³-hybridized carbons (Fsp3) is 0.263. The van der Waals surface area contributed by atoms with Crippen LogP contribution in [0.5, 0.6) is 0 Å². The van der Waals surface area contributed by atoms with Crippen molar-refractivity contribution < 1.29 is 9.59 Å². The van der Waals surface area contributed by atoms with Gasteiger partial charge < -0.3 is 16.0 Å². The average molecular weight is 362 g/mol. The molecule has 0 spiro atoms. The fourth-order valence-corrected chi connectivity index (χ4v) is 2.35. The zero-order chi connectivity index (χ0) is 17.5. The van der Waals surface area contributed by atoms with E-state index in [0.717, 1.165) is 11.1 Å². The second kappa shape index (κ2) is 9.81. The van der Waals surface area contributed by atoms with Crippen LogP contribution in [0.3, 0.4) is 0 Å². The van der Waals surface area contributed by atoms with Crippen molar-refractivity contribution in [2.75, 3.05) is 26.0 Å². The lowest BCUT2D eigenvalue weighted by atomic mass is 9.98. The molecular formula is C19H24ClN3O2.